The van der Waals surface area contributed by atoms with Gasteiger partial charge >= 0.3 is 0 Å². The lowest BCUT2D eigenvalue weighted by Gasteiger charge is -2.32. The molecule has 1 aromatic carbocycles. The molecular formula is C18H26N2O. The first-order chi connectivity index (χ1) is 9.74. The van der Waals surface area contributed by atoms with Gasteiger partial charge in [-0.15, -0.1) is 0 Å². The Balaban J connectivity index is 2.77. The van der Waals surface area contributed by atoms with E-state index in [2.05, 4.69) is 46.0 Å². The number of nitriles is 1. The van der Waals surface area contributed by atoms with E-state index in [0.29, 0.717) is 17.0 Å². The second-order valence-electron chi connectivity index (χ2n) is 7.05. The molecule has 0 aliphatic heterocycles. The zero-order chi connectivity index (χ0) is 16.0. The third-order valence-corrected chi connectivity index (χ3v) is 3.66. The molecule has 1 aromatic rings. The second-order valence-corrected chi connectivity index (χ2v) is 7.05. The van der Waals surface area contributed by atoms with Crippen LogP contribution in [0.25, 0.3) is 0 Å². The molecule has 0 bridgehead atoms. The maximum Gasteiger partial charge on any atom is 0.251 e. The minimum atomic E-state index is -0.0665. The summed E-state index contributed by atoms with van der Waals surface area (Å²) in [6.45, 7) is 10.8. The molecule has 114 valence electrons. The molecule has 3 nitrogen and oxygen atoms in total. The fraction of sp³-hybridized carbons (Fsp3) is 0.556. The fourth-order valence-corrected chi connectivity index (χ4v) is 2.16. The van der Waals surface area contributed by atoms with Crippen LogP contribution in [0.2, 0.25) is 0 Å². The van der Waals surface area contributed by atoms with Gasteiger partial charge < -0.3 is 5.32 Å². The fourth-order valence-electron chi connectivity index (χ4n) is 2.16. The third-order valence-electron chi connectivity index (χ3n) is 3.66. The van der Waals surface area contributed by atoms with Crippen LogP contribution in [0.3, 0.4) is 0 Å². The van der Waals surface area contributed by atoms with E-state index >= 15 is 0 Å². The standard InChI is InChI=1S/C18H26N2O/c1-13(2)6-11-16(18(3,4)5)20-17(21)15-9-7-14(12-19)8-10-15/h7-10,13,16H,6,11H2,1-5H3,(H,20,21). The number of benzene rings is 1. The zero-order valence-electron chi connectivity index (χ0n) is 13.7. The van der Waals surface area contributed by atoms with E-state index in [1.165, 1.54) is 0 Å². The first kappa shape index (κ1) is 17.2. The maximum absolute atomic E-state index is 12.4. The van der Waals surface area contributed by atoms with Crippen LogP contribution in [-0.2, 0) is 0 Å². The van der Waals surface area contributed by atoms with Gasteiger partial charge in [0, 0.05) is 11.6 Å². The number of hydrogen-bond acceptors (Lipinski definition) is 2. The lowest BCUT2D eigenvalue weighted by molar-refractivity contribution is 0.0894. The molecule has 1 N–H and O–H groups in total. The molecule has 0 aliphatic rings. The number of carbonyl (C=O) groups is 1. The highest BCUT2D eigenvalue weighted by molar-refractivity contribution is 5.94. The molecule has 1 atom stereocenters. The summed E-state index contributed by atoms with van der Waals surface area (Å²) in [6.07, 6.45) is 2.07. The van der Waals surface area contributed by atoms with E-state index < -0.39 is 0 Å². The number of nitrogens with one attached hydrogen (secondary N) is 1. The van der Waals surface area contributed by atoms with Gasteiger partial charge in [-0.25, -0.2) is 0 Å². The van der Waals surface area contributed by atoms with E-state index in [-0.39, 0.29) is 17.4 Å². The predicted molar refractivity (Wildman–Crippen MR) is 85.9 cm³/mol. The Morgan fingerprint density at radius 1 is 1.19 bits per heavy atom. The van der Waals surface area contributed by atoms with Crippen molar-refractivity contribution in [2.75, 3.05) is 0 Å². The molecule has 0 spiro atoms. The van der Waals surface area contributed by atoms with Crippen molar-refractivity contribution in [2.24, 2.45) is 11.3 Å². The van der Waals surface area contributed by atoms with Gasteiger partial charge in [0.15, 0.2) is 0 Å². The van der Waals surface area contributed by atoms with Gasteiger partial charge in [0.1, 0.15) is 0 Å². The van der Waals surface area contributed by atoms with E-state index in [9.17, 15) is 4.79 Å². The molecule has 0 aliphatic carbocycles. The van der Waals surface area contributed by atoms with Crippen molar-refractivity contribution in [1.29, 1.82) is 5.26 Å². The van der Waals surface area contributed by atoms with Crippen molar-refractivity contribution in [1.82, 2.24) is 5.32 Å². The zero-order valence-corrected chi connectivity index (χ0v) is 13.7. The normalized spacial score (nSPS) is 12.8. The van der Waals surface area contributed by atoms with Crippen LogP contribution in [0, 0.1) is 22.7 Å². The van der Waals surface area contributed by atoms with Crippen LogP contribution in [-0.4, -0.2) is 11.9 Å². The lowest BCUT2D eigenvalue weighted by Crippen LogP contribution is -2.43. The largest absolute Gasteiger partial charge is 0.349 e. The van der Waals surface area contributed by atoms with Gasteiger partial charge in [-0.05, 0) is 48.4 Å². The molecular weight excluding hydrogens is 260 g/mol. The number of nitrogens with zero attached hydrogens (tertiary/aromatic N) is 1. The summed E-state index contributed by atoms with van der Waals surface area (Å²) >= 11 is 0. The van der Waals surface area contributed by atoms with Crippen molar-refractivity contribution in [2.45, 2.75) is 53.5 Å². The summed E-state index contributed by atoms with van der Waals surface area (Å²) < 4.78 is 0. The Morgan fingerprint density at radius 3 is 2.19 bits per heavy atom. The molecule has 1 amide bonds. The first-order valence-corrected chi connectivity index (χ1v) is 7.55. The van der Waals surface area contributed by atoms with Crippen LogP contribution in [0.5, 0.6) is 0 Å². The average molecular weight is 286 g/mol. The number of rotatable bonds is 5. The maximum atomic E-state index is 12.4. The van der Waals surface area contributed by atoms with Crippen molar-refractivity contribution in [3.05, 3.63) is 35.4 Å². The molecule has 1 rings (SSSR count). The summed E-state index contributed by atoms with van der Waals surface area (Å²) in [6, 6.07) is 8.96. The Bertz CT molecular complexity index is 504. The van der Waals surface area contributed by atoms with Crippen LogP contribution in [0.4, 0.5) is 0 Å². The van der Waals surface area contributed by atoms with Crippen LogP contribution in [0.15, 0.2) is 24.3 Å². The van der Waals surface area contributed by atoms with E-state index in [4.69, 9.17) is 5.26 Å². The molecule has 1 unspecified atom stereocenters. The average Bonchev–Trinajstić information content (AvgIpc) is 2.41. The summed E-state index contributed by atoms with van der Waals surface area (Å²) in [5, 5.41) is 11.9. The van der Waals surface area contributed by atoms with Gasteiger partial charge in [-0.2, -0.15) is 5.26 Å². The third kappa shape index (κ3) is 5.59. The van der Waals surface area contributed by atoms with Crippen molar-refractivity contribution < 1.29 is 4.79 Å². The van der Waals surface area contributed by atoms with E-state index in [1.54, 1.807) is 24.3 Å². The summed E-state index contributed by atoms with van der Waals surface area (Å²) in [4.78, 5) is 12.4. The molecule has 0 aromatic heterocycles. The highest BCUT2D eigenvalue weighted by atomic mass is 16.1. The van der Waals surface area contributed by atoms with Crippen molar-refractivity contribution >= 4 is 5.91 Å². The molecule has 0 radical (unpaired) electrons. The lowest BCUT2D eigenvalue weighted by atomic mass is 9.82. The highest BCUT2D eigenvalue weighted by Gasteiger charge is 2.26. The van der Waals surface area contributed by atoms with Crippen molar-refractivity contribution in [3.8, 4) is 6.07 Å². The van der Waals surface area contributed by atoms with E-state index in [1.807, 2.05) is 0 Å². The molecule has 0 saturated carbocycles. The highest BCUT2D eigenvalue weighted by Crippen LogP contribution is 2.24. The monoisotopic (exact) mass is 286 g/mol. The molecule has 3 heteroatoms. The molecule has 0 heterocycles. The minimum Gasteiger partial charge on any atom is -0.349 e. The SMILES string of the molecule is CC(C)CCC(NC(=O)c1ccc(C#N)cc1)C(C)(C)C. The van der Waals surface area contributed by atoms with Crippen LogP contribution in [0.1, 0.15) is 63.4 Å². The Kier molecular flexibility index (Phi) is 5.96. The van der Waals surface area contributed by atoms with E-state index in [0.717, 1.165) is 12.8 Å². The Hall–Kier alpha value is -1.82. The van der Waals surface area contributed by atoms with Gasteiger partial charge in [0.25, 0.3) is 5.91 Å². The molecule has 0 saturated heterocycles. The number of hydrogen-bond donors (Lipinski definition) is 1. The van der Waals surface area contributed by atoms with Crippen LogP contribution < -0.4 is 5.32 Å². The topological polar surface area (TPSA) is 52.9 Å². The van der Waals surface area contributed by atoms with Gasteiger partial charge in [-0.3, -0.25) is 4.79 Å². The quantitative estimate of drug-likeness (QED) is 0.884. The Morgan fingerprint density at radius 2 is 1.76 bits per heavy atom. The summed E-state index contributed by atoms with van der Waals surface area (Å²) in [7, 11) is 0. The van der Waals surface area contributed by atoms with Gasteiger partial charge in [0.05, 0.1) is 11.6 Å². The van der Waals surface area contributed by atoms with Crippen molar-refractivity contribution in [3.63, 3.8) is 0 Å². The molecule has 21 heavy (non-hydrogen) atoms. The summed E-state index contributed by atoms with van der Waals surface area (Å²) in [5.41, 5.74) is 1.20. The smallest absolute Gasteiger partial charge is 0.251 e. The Labute approximate surface area is 128 Å². The predicted octanol–water partition coefficient (Wildman–Crippen LogP) is 4.14. The van der Waals surface area contributed by atoms with Gasteiger partial charge in [0.2, 0.25) is 0 Å². The molecule has 0 fully saturated rings. The summed E-state index contributed by atoms with van der Waals surface area (Å²) in [5.74, 6) is 0.560. The van der Waals surface area contributed by atoms with Gasteiger partial charge in [-0.1, -0.05) is 34.6 Å². The number of carbonyl (C=O) groups excluding carboxylic acids is 1. The first-order valence-electron chi connectivity index (χ1n) is 7.55. The van der Waals surface area contributed by atoms with Crippen LogP contribution >= 0.6 is 0 Å². The second kappa shape index (κ2) is 7.26. The minimum absolute atomic E-state index is 0.0249. The number of amides is 1.